The van der Waals surface area contributed by atoms with Gasteiger partial charge in [0.1, 0.15) is 33.6 Å². The van der Waals surface area contributed by atoms with Crippen LogP contribution in [0.4, 0.5) is 11.4 Å². The molecule has 0 spiro atoms. The summed E-state index contributed by atoms with van der Waals surface area (Å²) in [4.78, 5) is 38.7. The number of amides is 2. The molecule has 204 valence electrons. The molecule has 0 bridgehead atoms. The van der Waals surface area contributed by atoms with E-state index in [4.69, 9.17) is 9.47 Å². The van der Waals surface area contributed by atoms with Gasteiger partial charge in [-0.1, -0.05) is 42.5 Å². The number of carbonyl (C=O) groups excluding carboxylic acids is 2. The lowest BCUT2D eigenvalue weighted by molar-refractivity contribution is -0.115. The molecule has 0 saturated heterocycles. The zero-order valence-electron chi connectivity index (χ0n) is 21.6. The molecule has 4 aromatic rings. The predicted octanol–water partition coefficient (Wildman–Crippen LogP) is 5.83. The Balaban J connectivity index is 1.58. The summed E-state index contributed by atoms with van der Waals surface area (Å²) < 4.78 is 10.7. The molecule has 1 atom stereocenters. The second kappa shape index (κ2) is 12.7. The number of phenols is 1. The van der Waals surface area contributed by atoms with Crippen LogP contribution in [0, 0.1) is 0 Å². The summed E-state index contributed by atoms with van der Waals surface area (Å²) in [6.07, 6.45) is 0. The van der Waals surface area contributed by atoms with E-state index in [0.29, 0.717) is 22.1 Å². The first-order valence-corrected chi connectivity index (χ1v) is 12.9. The standard InChI is InChI=1S/C30H26N2O7S/c1-38-24-12-7-13-25(39-2)26(24)28(34)31-19-10-6-11-21(16-19)40-27(18-8-4-3-5-9-18)29(35)32-20-14-15-23(33)22(17-20)30(36)37/h3-17,27,33H,1-2H3,(H,31,34)(H,32,35)(H,36,37). The maximum absolute atomic E-state index is 13.4. The lowest BCUT2D eigenvalue weighted by Gasteiger charge is -2.18. The second-order valence-corrected chi connectivity index (χ2v) is 9.63. The molecule has 0 aliphatic heterocycles. The van der Waals surface area contributed by atoms with E-state index in [2.05, 4.69) is 10.6 Å². The number of hydrogen-bond donors (Lipinski definition) is 4. The van der Waals surface area contributed by atoms with Crippen molar-refractivity contribution in [2.24, 2.45) is 0 Å². The molecule has 4 rings (SSSR count). The number of carboxylic acids is 1. The summed E-state index contributed by atoms with van der Waals surface area (Å²) >= 11 is 1.26. The second-order valence-electron chi connectivity index (χ2n) is 8.45. The van der Waals surface area contributed by atoms with E-state index in [1.54, 1.807) is 36.4 Å². The van der Waals surface area contributed by atoms with Gasteiger partial charge in [0.05, 0.1) is 14.2 Å². The monoisotopic (exact) mass is 558 g/mol. The Hall–Kier alpha value is -4.96. The summed E-state index contributed by atoms with van der Waals surface area (Å²) in [5, 5.41) is 24.0. The lowest BCUT2D eigenvalue weighted by Crippen LogP contribution is -2.19. The van der Waals surface area contributed by atoms with E-state index in [1.807, 2.05) is 36.4 Å². The Labute approximate surface area is 234 Å². The minimum Gasteiger partial charge on any atom is -0.507 e. The van der Waals surface area contributed by atoms with Gasteiger partial charge in [0, 0.05) is 16.3 Å². The van der Waals surface area contributed by atoms with Crippen molar-refractivity contribution >= 4 is 40.9 Å². The van der Waals surface area contributed by atoms with Crippen LogP contribution < -0.4 is 20.1 Å². The van der Waals surface area contributed by atoms with Crippen LogP contribution in [-0.4, -0.2) is 42.2 Å². The molecule has 0 heterocycles. The van der Waals surface area contributed by atoms with E-state index in [-0.39, 0.29) is 16.8 Å². The number of carbonyl (C=O) groups is 3. The van der Waals surface area contributed by atoms with Gasteiger partial charge in [0.2, 0.25) is 5.91 Å². The van der Waals surface area contributed by atoms with Gasteiger partial charge in [0.15, 0.2) is 0 Å². The van der Waals surface area contributed by atoms with Crippen molar-refractivity contribution in [3.63, 3.8) is 0 Å². The van der Waals surface area contributed by atoms with Crippen molar-refractivity contribution in [3.8, 4) is 17.2 Å². The Kier molecular flexibility index (Phi) is 8.93. The molecule has 9 nitrogen and oxygen atoms in total. The average Bonchev–Trinajstić information content (AvgIpc) is 2.96. The summed E-state index contributed by atoms with van der Waals surface area (Å²) in [6, 6.07) is 25.0. The molecule has 0 aromatic heterocycles. The number of nitrogens with one attached hydrogen (secondary N) is 2. The smallest absolute Gasteiger partial charge is 0.339 e. The molecule has 0 fully saturated rings. The van der Waals surface area contributed by atoms with E-state index in [0.717, 1.165) is 5.56 Å². The molecule has 0 aliphatic carbocycles. The van der Waals surface area contributed by atoms with Crippen molar-refractivity contribution in [2.45, 2.75) is 10.1 Å². The van der Waals surface area contributed by atoms with Crippen molar-refractivity contribution in [2.75, 3.05) is 24.9 Å². The number of aromatic hydroxyl groups is 1. The fraction of sp³-hybridized carbons (Fsp3) is 0.100. The van der Waals surface area contributed by atoms with E-state index in [1.165, 1.54) is 44.2 Å². The van der Waals surface area contributed by atoms with Crippen LogP contribution >= 0.6 is 11.8 Å². The molecule has 1 unspecified atom stereocenters. The van der Waals surface area contributed by atoms with Crippen molar-refractivity contribution < 1.29 is 34.1 Å². The normalized spacial score (nSPS) is 11.2. The quantitative estimate of drug-likeness (QED) is 0.141. The van der Waals surface area contributed by atoms with E-state index in [9.17, 15) is 24.6 Å². The number of anilines is 2. The average molecular weight is 559 g/mol. The van der Waals surface area contributed by atoms with Crippen LogP contribution in [0.25, 0.3) is 0 Å². The first-order chi connectivity index (χ1) is 19.3. The maximum Gasteiger partial charge on any atom is 0.339 e. The van der Waals surface area contributed by atoms with Gasteiger partial charge in [-0.25, -0.2) is 4.79 Å². The molecule has 10 heteroatoms. The molecular weight excluding hydrogens is 532 g/mol. The number of methoxy groups -OCH3 is 2. The van der Waals surface area contributed by atoms with E-state index < -0.39 is 28.8 Å². The Morgan fingerprint density at radius 1 is 0.775 bits per heavy atom. The fourth-order valence-electron chi connectivity index (χ4n) is 3.95. The largest absolute Gasteiger partial charge is 0.507 e. The van der Waals surface area contributed by atoms with Gasteiger partial charge in [0.25, 0.3) is 5.91 Å². The van der Waals surface area contributed by atoms with Crippen LogP contribution in [0.15, 0.2) is 95.9 Å². The van der Waals surface area contributed by atoms with Crippen molar-refractivity contribution in [3.05, 3.63) is 108 Å². The Morgan fingerprint density at radius 2 is 1.43 bits per heavy atom. The summed E-state index contributed by atoms with van der Waals surface area (Å²) in [6.45, 7) is 0. The van der Waals surface area contributed by atoms with Gasteiger partial charge in [-0.15, -0.1) is 11.8 Å². The van der Waals surface area contributed by atoms with E-state index >= 15 is 0 Å². The molecule has 2 amide bonds. The van der Waals surface area contributed by atoms with Gasteiger partial charge in [-0.3, -0.25) is 9.59 Å². The van der Waals surface area contributed by atoms with Crippen LogP contribution in [0.1, 0.15) is 31.5 Å². The number of hydrogen-bond acceptors (Lipinski definition) is 7. The predicted molar refractivity (Wildman–Crippen MR) is 153 cm³/mol. The third-order valence-corrected chi connectivity index (χ3v) is 7.08. The third-order valence-electron chi connectivity index (χ3n) is 5.84. The topological polar surface area (TPSA) is 134 Å². The number of benzene rings is 4. The first-order valence-electron chi connectivity index (χ1n) is 12.0. The minimum absolute atomic E-state index is 0.230. The molecule has 4 N–H and O–H groups in total. The molecule has 0 radical (unpaired) electrons. The zero-order valence-corrected chi connectivity index (χ0v) is 22.4. The van der Waals surface area contributed by atoms with Crippen molar-refractivity contribution in [1.82, 2.24) is 0 Å². The van der Waals surface area contributed by atoms with Gasteiger partial charge in [-0.2, -0.15) is 0 Å². The zero-order chi connectivity index (χ0) is 28.6. The number of rotatable bonds is 10. The van der Waals surface area contributed by atoms with Crippen LogP contribution in [-0.2, 0) is 4.79 Å². The lowest BCUT2D eigenvalue weighted by atomic mass is 10.1. The maximum atomic E-state index is 13.4. The minimum atomic E-state index is -1.31. The Bertz CT molecular complexity index is 1520. The summed E-state index contributed by atoms with van der Waals surface area (Å²) in [5.41, 5.74) is 1.38. The first kappa shape index (κ1) is 28.1. The highest BCUT2D eigenvalue weighted by Gasteiger charge is 2.24. The summed E-state index contributed by atoms with van der Waals surface area (Å²) in [7, 11) is 2.94. The highest BCUT2D eigenvalue weighted by Crippen LogP contribution is 2.38. The Morgan fingerprint density at radius 3 is 2.08 bits per heavy atom. The SMILES string of the molecule is COc1cccc(OC)c1C(=O)Nc1cccc(SC(C(=O)Nc2ccc(O)c(C(=O)O)c2)c2ccccc2)c1. The number of carboxylic acid groups (broad SMARTS) is 1. The summed E-state index contributed by atoms with van der Waals surface area (Å²) in [5.74, 6) is -1.80. The number of aromatic carboxylic acids is 1. The van der Waals surface area contributed by atoms with Gasteiger partial charge < -0.3 is 30.3 Å². The van der Waals surface area contributed by atoms with Crippen LogP contribution in [0.5, 0.6) is 17.2 Å². The number of thioether (sulfide) groups is 1. The van der Waals surface area contributed by atoms with Crippen LogP contribution in [0.3, 0.4) is 0 Å². The van der Waals surface area contributed by atoms with Crippen LogP contribution in [0.2, 0.25) is 0 Å². The highest BCUT2D eigenvalue weighted by atomic mass is 32.2. The molecule has 0 saturated carbocycles. The number of ether oxygens (including phenoxy) is 2. The highest BCUT2D eigenvalue weighted by molar-refractivity contribution is 8.00. The molecule has 0 aliphatic rings. The van der Waals surface area contributed by atoms with Gasteiger partial charge in [-0.05, 0) is 54.1 Å². The van der Waals surface area contributed by atoms with Crippen molar-refractivity contribution in [1.29, 1.82) is 0 Å². The fourth-order valence-corrected chi connectivity index (χ4v) is 5.03. The third kappa shape index (κ3) is 6.54. The molecular formula is C30H26N2O7S. The molecule has 4 aromatic carbocycles. The molecule has 40 heavy (non-hydrogen) atoms. The van der Waals surface area contributed by atoms with Gasteiger partial charge >= 0.3 is 5.97 Å².